The van der Waals surface area contributed by atoms with Gasteiger partial charge in [-0.1, -0.05) is 0 Å². The van der Waals surface area contributed by atoms with Crippen molar-refractivity contribution in [3.8, 4) is 5.75 Å². The van der Waals surface area contributed by atoms with E-state index in [1.807, 2.05) is 0 Å². The maximum absolute atomic E-state index is 11.7. The Hall–Kier alpha value is -1.10. The molecule has 0 aliphatic carbocycles. The zero-order valence-electron chi connectivity index (χ0n) is 9.80. The average Bonchev–Trinajstić information content (AvgIpc) is 2.17. The number of nitrogens with zero attached hydrogens (tertiary/aromatic N) is 1. The highest BCUT2D eigenvalue weighted by atomic mass is 32.2. The molecule has 0 radical (unpaired) electrons. The standard InChI is InChI=1S/C11H17NO3S/c1-11(2,3)16(13,14)8-7-15-10-5-4-6-12-9-10/h4-6,9H,7-8H2,1-3H3. The van der Waals surface area contributed by atoms with Crippen molar-refractivity contribution in [2.75, 3.05) is 12.4 Å². The fourth-order valence-corrected chi connectivity index (χ4v) is 1.92. The Labute approximate surface area is 96.6 Å². The van der Waals surface area contributed by atoms with Crippen LogP contribution in [0.5, 0.6) is 5.75 Å². The number of ether oxygens (including phenoxy) is 1. The monoisotopic (exact) mass is 243 g/mol. The van der Waals surface area contributed by atoms with E-state index in [0.717, 1.165) is 0 Å². The van der Waals surface area contributed by atoms with Crippen LogP contribution in [0.15, 0.2) is 24.5 Å². The molecule has 0 unspecified atom stereocenters. The fraction of sp³-hybridized carbons (Fsp3) is 0.545. The van der Waals surface area contributed by atoms with Crippen molar-refractivity contribution in [1.29, 1.82) is 0 Å². The molecule has 16 heavy (non-hydrogen) atoms. The van der Waals surface area contributed by atoms with Crippen molar-refractivity contribution >= 4 is 9.84 Å². The van der Waals surface area contributed by atoms with Gasteiger partial charge in [0.15, 0.2) is 9.84 Å². The summed E-state index contributed by atoms with van der Waals surface area (Å²) in [5.74, 6) is 0.609. The molecule has 90 valence electrons. The van der Waals surface area contributed by atoms with Crippen LogP contribution in [0, 0.1) is 0 Å². The molecule has 4 nitrogen and oxygen atoms in total. The predicted octanol–water partition coefficient (Wildman–Crippen LogP) is 1.67. The van der Waals surface area contributed by atoms with E-state index in [9.17, 15) is 8.42 Å². The van der Waals surface area contributed by atoms with Gasteiger partial charge in [-0.25, -0.2) is 8.42 Å². The molecule has 0 saturated heterocycles. The van der Waals surface area contributed by atoms with Crippen molar-refractivity contribution in [1.82, 2.24) is 4.98 Å². The van der Waals surface area contributed by atoms with Crippen LogP contribution >= 0.6 is 0 Å². The molecule has 0 saturated carbocycles. The Morgan fingerprint density at radius 1 is 1.38 bits per heavy atom. The summed E-state index contributed by atoms with van der Waals surface area (Å²) < 4.78 is 28.1. The van der Waals surface area contributed by atoms with Crippen LogP contribution in [-0.4, -0.2) is 30.5 Å². The quantitative estimate of drug-likeness (QED) is 0.807. The summed E-state index contributed by atoms with van der Waals surface area (Å²) in [5, 5.41) is 0. The molecule has 0 amide bonds. The number of sulfone groups is 1. The van der Waals surface area contributed by atoms with Gasteiger partial charge in [-0.3, -0.25) is 4.98 Å². The van der Waals surface area contributed by atoms with Crippen LogP contribution in [0.1, 0.15) is 20.8 Å². The van der Waals surface area contributed by atoms with Crippen LogP contribution in [0.25, 0.3) is 0 Å². The van der Waals surface area contributed by atoms with Crippen molar-refractivity contribution < 1.29 is 13.2 Å². The third kappa shape index (κ3) is 3.48. The van der Waals surface area contributed by atoms with E-state index < -0.39 is 14.6 Å². The highest BCUT2D eigenvalue weighted by molar-refractivity contribution is 7.92. The topological polar surface area (TPSA) is 56.3 Å². The van der Waals surface area contributed by atoms with Gasteiger partial charge in [-0.05, 0) is 32.9 Å². The average molecular weight is 243 g/mol. The molecule has 0 N–H and O–H groups in total. The molecule has 0 aromatic carbocycles. The van der Waals surface area contributed by atoms with E-state index >= 15 is 0 Å². The third-order valence-electron chi connectivity index (χ3n) is 2.19. The van der Waals surface area contributed by atoms with Crippen molar-refractivity contribution in [2.24, 2.45) is 0 Å². The molecule has 1 aromatic heterocycles. The van der Waals surface area contributed by atoms with E-state index in [2.05, 4.69) is 4.98 Å². The van der Waals surface area contributed by atoms with Crippen molar-refractivity contribution in [3.05, 3.63) is 24.5 Å². The third-order valence-corrected chi connectivity index (χ3v) is 4.76. The predicted molar refractivity (Wildman–Crippen MR) is 63.3 cm³/mol. The Balaban J connectivity index is 2.49. The van der Waals surface area contributed by atoms with Gasteiger partial charge in [0, 0.05) is 6.20 Å². The Bertz CT molecular complexity index is 420. The van der Waals surface area contributed by atoms with Gasteiger partial charge in [-0.15, -0.1) is 0 Å². The first-order chi connectivity index (χ1) is 7.33. The molecule has 0 atom stereocenters. The summed E-state index contributed by atoms with van der Waals surface area (Å²) in [4.78, 5) is 3.87. The molecular formula is C11H17NO3S. The summed E-state index contributed by atoms with van der Waals surface area (Å²) >= 11 is 0. The number of aromatic nitrogens is 1. The molecule has 1 heterocycles. The maximum Gasteiger partial charge on any atom is 0.158 e. The van der Waals surface area contributed by atoms with Crippen LogP contribution in [0.2, 0.25) is 0 Å². The van der Waals surface area contributed by atoms with Gasteiger partial charge in [0.2, 0.25) is 0 Å². The molecule has 0 bridgehead atoms. The molecule has 0 aliphatic rings. The first kappa shape index (κ1) is 13.0. The van der Waals surface area contributed by atoms with Gasteiger partial charge >= 0.3 is 0 Å². The molecule has 1 aromatic rings. The zero-order valence-corrected chi connectivity index (χ0v) is 10.6. The highest BCUT2D eigenvalue weighted by Gasteiger charge is 2.28. The van der Waals surface area contributed by atoms with Gasteiger partial charge in [0.25, 0.3) is 0 Å². The molecule has 5 heteroatoms. The van der Waals surface area contributed by atoms with E-state index in [0.29, 0.717) is 5.75 Å². The Morgan fingerprint density at radius 3 is 2.56 bits per heavy atom. The lowest BCUT2D eigenvalue weighted by Crippen LogP contribution is -2.32. The van der Waals surface area contributed by atoms with Gasteiger partial charge in [0.1, 0.15) is 12.4 Å². The van der Waals surface area contributed by atoms with Gasteiger partial charge < -0.3 is 4.74 Å². The van der Waals surface area contributed by atoms with E-state index in [1.165, 1.54) is 0 Å². The zero-order chi connectivity index (χ0) is 12.2. The number of pyridine rings is 1. The van der Waals surface area contributed by atoms with Crippen molar-refractivity contribution in [2.45, 2.75) is 25.5 Å². The number of hydrogen-bond acceptors (Lipinski definition) is 4. The van der Waals surface area contributed by atoms with Gasteiger partial charge in [0.05, 0.1) is 16.7 Å². The summed E-state index contributed by atoms with van der Waals surface area (Å²) in [6.45, 7) is 5.22. The van der Waals surface area contributed by atoms with E-state index in [4.69, 9.17) is 4.74 Å². The fourth-order valence-electron chi connectivity index (χ4n) is 1.01. The van der Waals surface area contributed by atoms with Crippen molar-refractivity contribution in [3.63, 3.8) is 0 Å². The molecule has 0 spiro atoms. The largest absolute Gasteiger partial charge is 0.491 e. The summed E-state index contributed by atoms with van der Waals surface area (Å²) in [7, 11) is -3.11. The normalized spacial score (nSPS) is 12.4. The SMILES string of the molecule is CC(C)(C)S(=O)(=O)CCOc1cccnc1. The smallest absolute Gasteiger partial charge is 0.158 e. The highest BCUT2D eigenvalue weighted by Crippen LogP contribution is 2.16. The van der Waals surface area contributed by atoms with Gasteiger partial charge in [-0.2, -0.15) is 0 Å². The minimum Gasteiger partial charge on any atom is -0.491 e. The maximum atomic E-state index is 11.7. The second kappa shape index (κ2) is 4.82. The number of rotatable bonds is 4. The lowest BCUT2D eigenvalue weighted by atomic mass is 10.3. The Kier molecular flexibility index (Phi) is 3.91. The summed E-state index contributed by atoms with van der Waals surface area (Å²) in [6, 6.07) is 3.49. The molecule has 1 rings (SSSR count). The molecule has 0 aliphatic heterocycles. The summed E-state index contributed by atoms with van der Waals surface area (Å²) in [6.07, 6.45) is 3.20. The molecule has 0 fully saturated rings. The Morgan fingerprint density at radius 2 is 2.06 bits per heavy atom. The first-order valence-electron chi connectivity index (χ1n) is 5.08. The second-order valence-electron chi connectivity index (χ2n) is 4.47. The van der Waals surface area contributed by atoms with E-state index in [1.54, 1.807) is 45.3 Å². The van der Waals surface area contributed by atoms with Crippen LogP contribution < -0.4 is 4.74 Å². The summed E-state index contributed by atoms with van der Waals surface area (Å²) in [5.41, 5.74) is 0. The van der Waals surface area contributed by atoms with Crippen LogP contribution in [0.3, 0.4) is 0 Å². The van der Waals surface area contributed by atoms with Crippen LogP contribution in [0.4, 0.5) is 0 Å². The van der Waals surface area contributed by atoms with Crippen LogP contribution in [-0.2, 0) is 9.84 Å². The lowest BCUT2D eigenvalue weighted by molar-refractivity contribution is 0.338. The first-order valence-corrected chi connectivity index (χ1v) is 6.73. The second-order valence-corrected chi connectivity index (χ2v) is 7.33. The lowest BCUT2D eigenvalue weighted by Gasteiger charge is -2.19. The number of hydrogen-bond donors (Lipinski definition) is 0. The molecular weight excluding hydrogens is 226 g/mol. The van der Waals surface area contributed by atoms with E-state index in [-0.39, 0.29) is 12.4 Å². The minimum atomic E-state index is -3.11. The minimum absolute atomic E-state index is 0.0192.